The van der Waals surface area contributed by atoms with Gasteiger partial charge in [0.2, 0.25) is 18.0 Å². The molecule has 0 aromatic heterocycles. The molecule has 0 saturated carbocycles. The van der Waals surface area contributed by atoms with Crippen molar-refractivity contribution < 1.29 is 14.4 Å². The molecule has 0 spiro atoms. The number of benzene rings is 2. The number of carbonyl (C=O) groups excluding carboxylic acids is 3. The maximum absolute atomic E-state index is 13.3. The highest BCUT2D eigenvalue weighted by atomic mass is 127. The van der Waals surface area contributed by atoms with Gasteiger partial charge in [0.1, 0.15) is 0 Å². The molecule has 8 heteroatoms. The summed E-state index contributed by atoms with van der Waals surface area (Å²) in [6, 6.07) is 17.0. The van der Waals surface area contributed by atoms with Crippen LogP contribution in [0.5, 0.6) is 0 Å². The minimum atomic E-state index is -1.15. The van der Waals surface area contributed by atoms with E-state index in [0.717, 1.165) is 16.7 Å². The summed E-state index contributed by atoms with van der Waals surface area (Å²) < 4.78 is 0.372. The number of para-hydroxylation sites is 1. The minimum absolute atomic E-state index is 0.372. The zero-order valence-electron chi connectivity index (χ0n) is 18.8. The highest BCUT2D eigenvalue weighted by Gasteiger charge is 2.35. The highest BCUT2D eigenvalue weighted by molar-refractivity contribution is 14.1. The summed E-state index contributed by atoms with van der Waals surface area (Å²) in [6.07, 6.45) is 0.561. The number of nitrogens with zero attached hydrogens (tertiary/aromatic N) is 2. The van der Waals surface area contributed by atoms with Crippen LogP contribution in [-0.2, 0) is 14.4 Å². The summed E-state index contributed by atoms with van der Waals surface area (Å²) in [5.74, 6) is -2.90. The number of fused-ring (bicyclic) bond motifs is 1. The molecule has 2 aromatic carbocycles. The molecule has 33 heavy (non-hydrogen) atoms. The summed E-state index contributed by atoms with van der Waals surface area (Å²) in [7, 11) is 1.66. The Bertz CT molecular complexity index is 1110. The number of halogens is 1. The van der Waals surface area contributed by atoms with Crippen molar-refractivity contribution >= 4 is 51.7 Å². The molecule has 3 atom stereocenters. The number of allylic oxidation sites excluding steroid dienone is 1. The van der Waals surface area contributed by atoms with Crippen LogP contribution in [0.1, 0.15) is 25.0 Å². The van der Waals surface area contributed by atoms with Crippen molar-refractivity contribution in [2.75, 3.05) is 16.4 Å². The van der Waals surface area contributed by atoms with E-state index in [-0.39, 0.29) is 5.91 Å². The predicted octanol–water partition coefficient (Wildman–Crippen LogP) is 3.06. The van der Waals surface area contributed by atoms with Crippen molar-refractivity contribution in [3.8, 4) is 0 Å². The van der Waals surface area contributed by atoms with Gasteiger partial charge in [-0.25, -0.2) is 4.99 Å². The molecule has 0 bridgehead atoms. The lowest BCUT2D eigenvalue weighted by atomic mass is 9.90. The number of nitrogens with one attached hydrogen (secondary N) is 1. The molecular weight excluding hydrogens is 531 g/mol. The van der Waals surface area contributed by atoms with Crippen LogP contribution in [0.2, 0.25) is 0 Å². The molecule has 2 aromatic rings. The van der Waals surface area contributed by atoms with Crippen LogP contribution < -0.4 is 16.0 Å². The zero-order valence-corrected chi connectivity index (χ0v) is 20.9. The average molecular weight is 558 g/mol. The fraction of sp³-hybridized carbons (Fsp3) is 0.280. The number of hydrogen-bond donors (Lipinski definition) is 2. The van der Waals surface area contributed by atoms with E-state index in [0.29, 0.717) is 15.8 Å². The highest BCUT2D eigenvalue weighted by Crippen LogP contribution is 2.27. The van der Waals surface area contributed by atoms with Gasteiger partial charge in [-0.3, -0.25) is 14.4 Å². The van der Waals surface area contributed by atoms with E-state index in [9.17, 15) is 14.4 Å². The first-order chi connectivity index (χ1) is 15.7. The van der Waals surface area contributed by atoms with E-state index < -0.39 is 29.8 Å². The number of aliphatic imine (C=N–C) groups is 1. The van der Waals surface area contributed by atoms with Crippen molar-refractivity contribution in [2.24, 2.45) is 22.6 Å². The Labute approximate surface area is 207 Å². The van der Waals surface area contributed by atoms with E-state index in [4.69, 9.17) is 10.7 Å². The van der Waals surface area contributed by atoms with Gasteiger partial charge in [0, 0.05) is 22.6 Å². The normalized spacial score (nSPS) is 17.2. The van der Waals surface area contributed by atoms with Crippen LogP contribution >= 0.6 is 22.6 Å². The number of rotatable bonds is 7. The van der Waals surface area contributed by atoms with Gasteiger partial charge in [-0.05, 0) is 19.9 Å². The van der Waals surface area contributed by atoms with E-state index in [2.05, 4.69) is 5.32 Å². The molecule has 3 amide bonds. The summed E-state index contributed by atoms with van der Waals surface area (Å²) in [6.45, 7) is 3.69. The zero-order chi connectivity index (χ0) is 24.1. The van der Waals surface area contributed by atoms with Crippen LogP contribution in [0.25, 0.3) is 0 Å². The van der Waals surface area contributed by atoms with Gasteiger partial charge in [-0.15, -0.1) is 0 Å². The fourth-order valence-electron chi connectivity index (χ4n) is 3.76. The SMILES string of the molecule is CC(C)=C[C@@H](C(=O)NC1N=C(c2ccccc2)c2ccccc2N(C)C1=O)[C@H](CI)C(N)=O. The number of anilines is 1. The maximum Gasteiger partial charge on any atom is 0.272 e. The van der Waals surface area contributed by atoms with Crippen molar-refractivity contribution in [1.82, 2.24) is 5.32 Å². The largest absolute Gasteiger partial charge is 0.369 e. The van der Waals surface area contributed by atoms with Crippen molar-refractivity contribution in [2.45, 2.75) is 20.0 Å². The molecule has 0 fully saturated rings. The molecule has 3 rings (SSSR count). The van der Waals surface area contributed by atoms with Crippen molar-refractivity contribution in [1.29, 1.82) is 0 Å². The van der Waals surface area contributed by atoms with Gasteiger partial charge in [-0.2, -0.15) is 0 Å². The van der Waals surface area contributed by atoms with E-state index >= 15 is 0 Å². The van der Waals surface area contributed by atoms with Crippen LogP contribution in [0.3, 0.4) is 0 Å². The average Bonchev–Trinajstić information content (AvgIpc) is 2.90. The molecule has 0 saturated heterocycles. The third-order valence-electron chi connectivity index (χ3n) is 5.45. The molecule has 7 nitrogen and oxygen atoms in total. The van der Waals surface area contributed by atoms with Gasteiger partial charge < -0.3 is 16.0 Å². The first kappa shape index (κ1) is 24.6. The second-order valence-corrected chi connectivity index (χ2v) is 8.98. The molecule has 172 valence electrons. The number of amides is 3. The van der Waals surface area contributed by atoms with Gasteiger partial charge in [0.25, 0.3) is 5.91 Å². The van der Waals surface area contributed by atoms with Crippen LogP contribution in [-0.4, -0.2) is 41.1 Å². The molecule has 3 N–H and O–H groups in total. The van der Waals surface area contributed by atoms with Gasteiger partial charge >= 0.3 is 0 Å². The number of likely N-dealkylation sites (N-methyl/N-ethyl adjacent to an activating group) is 1. The number of alkyl halides is 1. The molecule has 1 heterocycles. The summed E-state index contributed by atoms with van der Waals surface area (Å²) in [5.41, 5.74) is 9.36. The van der Waals surface area contributed by atoms with Crippen LogP contribution in [0.4, 0.5) is 5.69 Å². The number of benzodiazepines with no additional fused rings is 1. The Morgan fingerprint density at radius 1 is 1.15 bits per heavy atom. The molecular formula is C25H27IN4O3. The topological polar surface area (TPSA) is 105 Å². The maximum atomic E-state index is 13.3. The lowest BCUT2D eigenvalue weighted by Gasteiger charge is -2.24. The summed E-state index contributed by atoms with van der Waals surface area (Å²) >= 11 is 2.04. The van der Waals surface area contributed by atoms with Crippen LogP contribution in [0.15, 0.2) is 71.2 Å². The fourth-order valence-corrected chi connectivity index (χ4v) is 4.74. The first-order valence-electron chi connectivity index (χ1n) is 10.6. The Kier molecular flexibility index (Phi) is 8.01. The Morgan fingerprint density at radius 3 is 2.39 bits per heavy atom. The molecule has 1 aliphatic rings. The van der Waals surface area contributed by atoms with E-state index in [1.54, 1.807) is 13.1 Å². The lowest BCUT2D eigenvalue weighted by molar-refractivity contribution is -0.132. The van der Waals surface area contributed by atoms with Gasteiger partial charge in [0.05, 0.1) is 23.2 Å². The number of primary amides is 1. The van der Waals surface area contributed by atoms with Crippen molar-refractivity contribution in [3.05, 3.63) is 77.4 Å². The number of carbonyl (C=O) groups is 3. The quantitative estimate of drug-likeness (QED) is 0.310. The van der Waals surface area contributed by atoms with E-state index in [1.807, 2.05) is 91.0 Å². The Hall–Kier alpha value is -3.01. The molecule has 1 aliphatic heterocycles. The van der Waals surface area contributed by atoms with Gasteiger partial charge in [-0.1, -0.05) is 82.8 Å². The standard InChI is InChI=1S/C25H27IN4O3/c1-15(2)13-18(19(14-26)22(27)31)24(32)29-23-25(33)30(3)20-12-8-7-11-17(20)21(28-23)16-9-5-4-6-10-16/h4-13,18-19,23H,14H2,1-3H3,(H2,27,31)(H,29,32)/t18-,19+,23?/m1/s1. The summed E-state index contributed by atoms with van der Waals surface area (Å²) in [4.78, 5) is 44.9. The Morgan fingerprint density at radius 2 is 1.79 bits per heavy atom. The second-order valence-electron chi connectivity index (χ2n) is 8.10. The van der Waals surface area contributed by atoms with E-state index in [1.165, 1.54) is 4.90 Å². The third-order valence-corrected chi connectivity index (χ3v) is 6.40. The smallest absolute Gasteiger partial charge is 0.272 e. The second kappa shape index (κ2) is 10.7. The number of nitrogens with two attached hydrogens (primary N) is 1. The Balaban J connectivity index is 2.06. The lowest BCUT2D eigenvalue weighted by Crippen LogP contribution is -2.49. The van der Waals surface area contributed by atoms with Crippen molar-refractivity contribution in [3.63, 3.8) is 0 Å². The molecule has 1 unspecified atom stereocenters. The summed E-state index contributed by atoms with van der Waals surface area (Å²) in [5, 5.41) is 2.78. The van der Waals surface area contributed by atoms with Gasteiger partial charge in [0.15, 0.2) is 0 Å². The third kappa shape index (κ3) is 5.50. The molecule has 0 radical (unpaired) electrons. The molecule has 0 aliphatic carbocycles. The minimum Gasteiger partial charge on any atom is -0.369 e. The predicted molar refractivity (Wildman–Crippen MR) is 138 cm³/mol. The first-order valence-corrected chi connectivity index (χ1v) is 12.1. The van der Waals surface area contributed by atoms with Crippen LogP contribution in [0, 0.1) is 11.8 Å². The monoisotopic (exact) mass is 558 g/mol. The number of hydrogen-bond acceptors (Lipinski definition) is 4.